The van der Waals surface area contributed by atoms with Crippen molar-refractivity contribution in [1.29, 1.82) is 0 Å². The van der Waals surface area contributed by atoms with E-state index in [4.69, 9.17) is 17.3 Å². The molecule has 0 unspecified atom stereocenters. The van der Waals surface area contributed by atoms with Gasteiger partial charge in [0, 0.05) is 12.3 Å². The van der Waals surface area contributed by atoms with Crippen LogP contribution in [0, 0.1) is 6.92 Å². The number of alkyl halides is 1. The summed E-state index contributed by atoms with van der Waals surface area (Å²) in [4.78, 5) is 0.161. The van der Waals surface area contributed by atoms with Crippen LogP contribution in [-0.4, -0.2) is 20.1 Å². The first-order valence-corrected chi connectivity index (χ1v) is 7.65. The van der Waals surface area contributed by atoms with E-state index in [-0.39, 0.29) is 10.7 Å². The van der Waals surface area contributed by atoms with Gasteiger partial charge in [0.15, 0.2) is 0 Å². The largest absolute Gasteiger partial charge is 0.386 e. The summed E-state index contributed by atoms with van der Waals surface area (Å²) in [5.41, 5.74) is 6.59. The van der Waals surface area contributed by atoms with Crippen LogP contribution in [0.15, 0.2) is 33.6 Å². The molecule has 1 rings (SSSR count). The molecule has 0 amide bonds. The van der Waals surface area contributed by atoms with Crippen LogP contribution in [0.25, 0.3) is 0 Å². The third kappa shape index (κ3) is 4.66. The predicted octanol–water partition coefficient (Wildman–Crippen LogP) is 2.45. The molecule has 2 N–H and O–H groups in total. The van der Waals surface area contributed by atoms with Crippen LogP contribution in [0.4, 0.5) is 0 Å². The standard InChI is InChI=1S/C12H17ClN2O2S/c1-10-5-7-11(8-6-10)18(16,17)15-12(14)4-2-3-9-13/h5-8H,2-4,9H2,1H3,(H2,14,15). The summed E-state index contributed by atoms with van der Waals surface area (Å²) in [5, 5.41) is 0. The number of hydrogen-bond acceptors (Lipinski definition) is 2. The van der Waals surface area contributed by atoms with Gasteiger partial charge in [0.1, 0.15) is 5.84 Å². The van der Waals surface area contributed by atoms with Gasteiger partial charge in [0.25, 0.3) is 10.0 Å². The minimum absolute atomic E-state index is 0.126. The van der Waals surface area contributed by atoms with Crippen molar-refractivity contribution in [2.45, 2.75) is 31.1 Å². The lowest BCUT2D eigenvalue weighted by molar-refractivity contribution is 0.597. The van der Waals surface area contributed by atoms with Crippen LogP contribution in [0.2, 0.25) is 0 Å². The Morgan fingerprint density at radius 3 is 2.44 bits per heavy atom. The molecule has 0 aliphatic rings. The van der Waals surface area contributed by atoms with Crippen molar-refractivity contribution in [3.63, 3.8) is 0 Å². The highest BCUT2D eigenvalue weighted by atomic mass is 35.5. The van der Waals surface area contributed by atoms with Crippen LogP contribution in [-0.2, 0) is 10.0 Å². The lowest BCUT2D eigenvalue weighted by Gasteiger charge is -2.02. The molecule has 0 atom stereocenters. The van der Waals surface area contributed by atoms with Gasteiger partial charge >= 0.3 is 0 Å². The van der Waals surface area contributed by atoms with Gasteiger partial charge in [-0.25, -0.2) is 0 Å². The maximum Gasteiger partial charge on any atom is 0.283 e. The molecule has 0 aliphatic carbocycles. The first kappa shape index (κ1) is 15.0. The Bertz CT molecular complexity index is 509. The van der Waals surface area contributed by atoms with Gasteiger partial charge in [-0.05, 0) is 31.9 Å². The van der Waals surface area contributed by atoms with Crippen LogP contribution >= 0.6 is 11.6 Å². The minimum Gasteiger partial charge on any atom is -0.386 e. The highest BCUT2D eigenvalue weighted by Gasteiger charge is 2.12. The van der Waals surface area contributed by atoms with E-state index in [9.17, 15) is 8.42 Å². The van der Waals surface area contributed by atoms with Crippen LogP contribution in [0.5, 0.6) is 0 Å². The van der Waals surface area contributed by atoms with Crippen molar-refractivity contribution in [3.8, 4) is 0 Å². The molecular weight excluding hydrogens is 272 g/mol. The van der Waals surface area contributed by atoms with Gasteiger partial charge in [0.05, 0.1) is 4.90 Å². The molecule has 0 aromatic heterocycles. The van der Waals surface area contributed by atoms with Crippen molar-refractivity contribution in [2.75, 3.05) is 5.88 Å². The number of nitrogens with zero attached hydrogens (tertiary/aromatic N) is 1. The summed E-state index contributed by atoms with van der Waals surface area (Å²) < 4.78 is 27.4. The van der Waals surface area contributed by atoms with Crippen molar-refractivity contribution in [2.24, 2.45) is 10.1 Å². The van der Waals surface area contributed by atoms with Crippen molar-refractivity contribution in [3.05, 3.63) is 29.8 Å². The molecule has 100 valence electrons. The van der Waals surface area contributed by atoms with Crippen molar-refractivity contribution < 1.29 is 8.42 Å². The molecule has 0 aliphatic heterocycles. The van der Waals surface area contributed by atoms with E-state index < -0.39 is 10.0 Å². The van der Waals surface area contributed by atoms with Crippen molar-refractivity contribution >= 4 is 27.5 Å². The Labute approximate surface area is 113 Å². The van der Waals surface area contributed by atoms with Gasteiger partial charge in [-0.2, -0.15) is 8.42 Å². The third-order valence-corrected chi connectivity index (χ3v) is 3.98. The van der Waals surface area contributed by atoms with E-state index in [1.54, 1.807) is 12.1 Å². The molecule has 0 saturated heterocycles. The summed E-state index contributed by atoms with van der Waals surface area (Å²) >= 11 is 5.53. The predicted molar refractivity (Wildman–Crippen MR) is 74.6 cm³/mol. The number of halogens is 1. The number of amidine groups is 1. The molecular formula is C12H17ClN2O2S. The first-order chi connectivity index (χ1) is 8.45. The van der Waals surface area contributed by atoms with E-state index in [0.717, 1.165) is 18.4 Å². The zero-order valence-corrected chi connectivity index (χ0v) is 11.8. The Morgan fingerprint density at radius 2 is 1.89 bits per heavy atom. The number of aryl methyl sites for hydroxylation is 1. The summed E-state index contributed by atoms with van der Waals surface area (Å²) in [7, 11) is -3.68. The molecule has 18 heavy (non-hydrogen) atoms. The van der Waals surface area contributed by atoms with E-state index >= 15 is 0 Å². The summed E-state index contributed by atoms with van der Waals surface area (Å²) in [5.74, 6) is 0.665. The Hall–Kier alpha value is -1.07. The van der Waals surface area contributed by atoms with Crippen LogP contribution < -0.4 is 5.73 Å². The lowest BCUT2D eigenvalue weighted by Crippen LogP contribution is -2.14. The molecule has 1 aromatic rings. The highest BCUT2D eigenvalue weighted by molar-refractivity contribution is 7.90. The normalized spacial score (nSPS) is 12.7. The molecule has 1 aromatic carbocycles. The zero-order valence-electron chi connectivity index (χ0n) is 10.3. The fourth-order valence-corrected chi connectivity index (χ4v) is 2.54. The van der Waals surface area contributed by atoms with E-state index in [1.165, 1.54) is 12.1 Å². The second kappa shape index (κ2) is 6.75. The second-order valence-electron chi connectivity index (χ2n) is 4.02. The van der Waals surface area contributed by atoms with Gasteiger partial charge in [-0.3, -0.25) is 0 Å². The number of nitrogens with two attached hydrogens (primary N) is 1. The van der Waals surface area contributed by atoms with Gasteiger partial charge < -0.3 is 5.73 Å². The summed E-state index contributed by atoms with van der Waals surface area (Å²) in [6.07, 6.45) is 1.97. The minimum atomic E-state index is -3.68. The van der Waals surface area contributed by atoms with Crippen LogP contribution in [0.1, 0.15) is 24.8 Å². The number of benzene rings is 1. The van der Waals surface area contributed by atoms with E-state index in [0.29, 0.717) is 12.3 Å². The maximum absolute atomic E-state index is 11.9. The average Bonchev–Trinajstić information content (AvgIpc) is 2.29. The Morgan fingerprint density at radius 1 is 1.28 bits per heavy atom. The first-order valence-electron chi connectivity index (χ1n) is 5.67. The lowest BCUT2D eigenvalue weighted by atomic mass is 10.2. The van der Waals surface area contributed by atoms with Gasteiger partial charge in [-0.1, -0.05) is 17.7 Å². The summed E-state index contributed by atoms with van der Waals surface area (Å²) in [6, 6.07) is 6.51. The molecule has 0 fully saturated rings. The molecule has 0 heterocycles. The van der Waals surface area contributed by atoms with E-state index in [1.807, 2.05) is 6.92 Å². The number of unbranched alkanes of at least 4 members (excludes halogenated alkanes) is 1. The van der Waals surface area contributed by atoms with Crippen molar-refractivity contribution in [1.82, 2.24) is 0 Å². The molecule has 6 heteroatoms. The third-order valence-electron chi connectivity index (χ3n) is 2.37. The topological polar surface area (TPSA) is 72.5 Å². The number of rotatable bonds is 6. The SMILES string of the molecule is Cc1ccc(S(=O)(=O)/N=C(\N)CCCCCl)cc1. The fourth-order valence-electron chi connectivity index (χ4n) is 1.36. The smallest absolute Gasteiger partial charge is 0.283 e. The Kier molecular flexibility index (Phi) is 5.62. The van der Waals surface area contributed by atoms with Crippen LogP contribution in [0.3, 0.4) is 0 Å². The number of hydrogen-bond donors (Lipinski definition) is 1. The molecule has 0 spiro atoms. The van der Waals surface area contributed by atoms with Gasteiger partial charge in [-0.15, -0.1) is 16.0 Å². The fraction of sp³-hybridized carbons (Fsp3) is 0.417. The van der Waals surface area contributed by atoms with Gasteiger partial charge in [0.2, 0.25) is 0 Å². The second-order valence-corrected chi connectivity index (χ2v) is 6.00. The average molecular weight is 289 g/mol. The monoisotopic (exact) mass is 288 g/mol. The quantitative estimate of drug-likeness (QED) is 0.378. The molecule has 0 bridgehead atoms. The molecule has 0 saturated carbocycles. The zero-order chi connectivity index (χ0) is 13.6. The van der Waals surface area contributed by atoms with E-state index in [2.05, 4.69) is 4.40 Å². The Balaban J connectivity index is 2.80. The maximum atomic E-state index is 11.9. The summed E-state index contributed by atoms with van der Waals surface area (Å²) in [6.45, 7) is 1.89. The molecule has 0 radical (unpaired) electrons. The number of sulfonamides is 1. The molecule has 4 nitrogen and oxygen atoms in total. The highest BCUT2D eigenvalue weighted by Crippen LogP contribution is 2.13.